The smallest absolute Gasteiger partial charge is 0.432 e. The third kappa shape index (κ3) is 5.40. The maximum absolute atomic E-state index is 13.2. The topological polar surface area (TPSA) is 110 Å². The summed E-state index contributed by atoms with van der Waals surface area (Å²) < 4.78 is 103. The number of hydrogen-bond acceptors (Lipinski definition) is 7. The van der Waals surface area contributed by atoms with Crippen LogP contribution in [0.3, 0.4) is 0 Å². The first-order valence-electron chi connectivity index (χ1n) is 6.02. The second-order valence-electron chi connectivity index (χ2n) is 4.46. The Hall–Kier alpha value is -1.76. The molecule has 0 rings (SSSR count). The summed E-state index contributed by atoms with van der Waals surface area (Å²) in [7, 11) is -6.80. The fraction of sp³-hybridized carbons (Fsp3) is 0.636. The number of halogens is 5. The SMILES string of the molecule is C=C(C)C(=O)OC(CC)C(=O)OC(C(F)(F)F)C(F)(F)S(=O)(=O)[O-]. The van der Waals surface area contributed by atoms with Gasteiger partial charge in [-0.05, 0) is 13.3 Å². The van der Waals surface area contributed by atoms with Gasteiger partial charge in [0.15, 0.2) is 16.2 Å². The summed E-state index contributed by atoms with van der Waals surface area (Å²) in [6.07, 6.45) is -13.1. The molecule has 2 unspecified atom stereocenters. The molecule has 0 saturated heterocycles. The molecule has 24 heavy (non-hydrogen) atoms. The molecule has 0 fully saturated rings. The van der Waals surface area contributed by atoms with Crippen molar-refractivity contribution in [1.82, 2.24) is 0 Å². The molecule has 0 radical (unpaired) electrons. The van der Waals surface area contributed by atoms with Crippen LogP contribution in [0.4, 0.5) is 22.0 Å². The molecule has 0 N–H and O–H groups in total. The lowest BCUT2D eigenvalue weighted by Gasteiger charge is -2.30. The fourth-order valence-corrected chi connectivity index (χ4v) is 1.62. The first-order chi connectivity index (χ1) is 10.6. The molecule has 0 amide bonds. The van der Waals surface area contributed by atoms with Crippen LogP contribution < -0.4 is 0 Å². The van der Waals surface area contributed by atoms with Gasteiger partial charge in [0.2, 0.25) is 0 Å². The van der Waals surface area contributed by atoms with Gasteiger partial charge in [0, 0.05) is 5.57 Å². The Morgan fingerprint density at radius 3 is 1.92 bits per heavy atom. The van der Waals surface area contributed by atoms with Gasteiger partial charge in [-0.3, -0.25) is 0 Å². The van der Waals surface area contributed by atoms with Gasteiger partial charge in [-0.15, -0.1) is 0 Å². The van der Waals surface area contributed by atoms with Gasteiger partial charge < -0.3 is 14.0 Å². The van der Waals surface area contributed by atoms with Crippen LogP contribution in [0.2, 0.25) is 0 Å². The molecule has 0 aromatic heterocycles. The van der Waals surface area contributed by atoms with E-state index in [1.807, 2.05) is 0 Å². The average Bonchev–Trinajstić information content (AvgIpc) is 2.38. The predicted molar refractivity (Wildman–Crippen MR) is 65.6 cm³/mol. The van der Waals surface area contributed by atoms with E-state index in [2.05, 4.69) is 16.1 Å². The molecule has 0 aliphatic heterocycles. The van der Waals surface area contributed by atoms with Crippen LogP contribution in [0, 0.1) is 0 Å². The van der Waals surface area contributed by atoms with Gasteiger partial charge in [0.1, 0.15) is 0 Å². The standard InChI is InChI=1S/C11H13F5O7S/c1-4-6(22-7(17)5(2)3)8(18)23-9(10(12,13)14)11(15,16)24(19,20)21/h6,9H,2,4H2,1,3H3,(H,19,20,21)/p-1. The Morgan fingerprint density at radius 2 is 1.62 bits per heavy atom. The largest absolute Gasteiger partial charge is 0.743 e. The third-order valence-electron chi connectivity index (χ3n) is 2.40. The van der Waals surface area contributed by atoms with Crippen molar-refractivity contribution in [2.75, 3.05) is 0 Å². The normalized spacial score (nSPS) is 15.3. The molecule has 0 saturated carbocycles. The number of carbonyl (C=O) groups excluding carboxylic acids is 2. The summed E-state index contributed by atoms with van der Waals surface area (Å²) in [5.74, 6) is -3.32. The highest BCUT2D eigenvalue weighted by molar-refractivity contribution is 7.86. The lowest BCUT2D eigenvalue weighted by Crippen LogP contribution is -2.53. The molecule has 0 heterocycles. The van der Waals surface area contributed by atoms with Crippen molar-refractivity contribution in [3.63, 3.8) is 0 Å². The maximum Gasteiger partial charge on any atom is 0.432 e. The van der Waals surface area contributed by atoms with Gasteiger partial charge in [0.05, 0.1) is 0 Å². The zero-order chi connectivity index (χ0) is 19.5. The van der Waals surface area contributed by atoms with Gasteiger partial charge in [0.25, 0.3) is 6.10 Å². The molecule has 13 heteroatoms. The Morgan fingerprint density at radius 1 is 1.17 bits per heavy atom. The first kappa shape index (κ1) is 22.2. The van der Waals surface area contributed by atoms with E-state index in [0.717, 1.165) is 13.8 Å². The van der Waals surface area contributed by atoms with Crippen molar-refractivity contribution in [3.8, 4) is 0 Å². The predicted octanol–water partition coefficient (Wildman–Crippen LogP) is 1.50. The highest BCUT2D eigenvalue weighted by atomic mass is 32.2. The molecule has 0 bridgehead atoms. The van der Waals surface area contributed by atoms with Crippen molar-refractivity contribution >= 4 is 22.1 Å². The van der Waals surface area contributed by atoms with Crippen LogP contribution in [0.25, 0.3) is 0 Å². The summed E-state index contributed by atoms with van der Waals surface area (Å²) in [6, 6.07) is 0. The molecule has 140 valence electrons. The Labute approximate surface area is 133 Å². The van der Waals surface area contributed by atoms with Gasteiger partial charge in [-0.1, -0.05) is 13.5 Å². The summed E-state index contributed by atoms with van der Waals surface area (Å²) >= 11 is 0. The first-order valence-corrected chi connectivity index (χ1v) is 7.43. The van der Waals surface area contributed by atoms with Crippen LogP contribution >= 0.6 is 0 Å². The fourth-order valence-electron chi connectivity index (χ4n) is 1.18. The number of alkyl halides is 5. The zero-order valence-electron chi connectivity index (χ0n) is 12.2. The molecule has 7 nitrogen and oxygen atoms in total. The number of carbonyl (C=O) groups is 2. The minimum Gasteiger partial charge on any atom is -0.743 e. The van der Waals surface area contributed by atoms with E-state index in [1.54, 1.807) is 0 Å². The molecule has 2 atom stereocenters. The van der Waals surface area contributed by atoms with Crippen molar-refractivity contribution in [3.05, 3.63) is 12.2 Å². The van der Waals surface area contributed by atoms with Crippen molar-refractivity contribution in [1.29, 1.82) is 0 Å². The summed E-state index contributed by atoms with van der Waals surface area (Å²) in [5, 5.41) is -5.97. The van der Waals surface area contributed by atoms with E-state index in [1.165, 1.54) is 0 Å². The van der Waals surface area contributed by atoms with Crippen LogP contribution in [-0.2, 0) is 29.2 Å². The molecular weight excluding hydrogens is 371 g/mol. The van der Waals surface area contributed by atoms with Crippen molar-refractivity contribution in [2.45, 2.75) is 43.9 Å². The minimum absolute atomic E-state index is 0.249. The summed E-state index contributed by atoms with van der Waals surface area (Å²) in [6.45, 7) is 5.40. The molecule has 0 aliphatic carbocycles. The number of ether oxygens (including phenoxy) is 2. The lowest BCUT2D eigenvalue weighted by atomic mass is 10.2. The number of hydrogen-bond donors (Lipinski definition) is 0. The van der Waals surface area contributed by atoms with Crippen LogP contribution in [0.5, 0.6) is 0 Å². The van der Waals surface area contributed by atoms with E-state index >= 15 is 0 Å². The Kier molecular flexibility index (Phi) is 6.88. The number of rotatable bonds is 7. The van der Waals surface area contributed by atoms with E-state index in [0.29, 0.717) is 0 Å². The van der Waals surface area contributed by atoms with Crippen LogP contribution in [0.15, 0.2) is 12.2 Å². The summed E-state index contributed by atoms with van der Waals surface area (Å²) in [5.41, 5.74) is -0.249. The molecule has 0 spiro atoms. The lowest BCUT2D eigenvalue weighted by molar-refractivity contribution is -0.262. The highest BCUT2D eigenvalue weighted by Crippen LogP contribution is 2.38. The quantitative estimate of drug-likeness (QED) is 0.284. The molecular formula is C11H12F5O7S-. The molecule has 0 aromatic rings. The van der Waals surface area contributed by atoms with Crippen molar-refractivity contribution in [2.24, 2.45) is 0 Å². The molecule has 0 aromatic carbocycles. The Bertz CT molecular complexity index is 611. The van der Waals surface area contributed by atoms with E-state index in [-0.39, 0.29) is 5.57 Å². The second kappa shape index (κ2) is 7.42. The highest BCUT2D eigenvalue weighted by Gasteiger charge is 2.63. The van der Waals surface area contributed by atoms with Crippen LogP contribution in [0.1, 0.15) is 20.3 Å². The maximum atomic E-state index is 13.2. The second-order valence-corrected chi connectivity index (χ2v) is 5.91. The van der Waals surface area contributed by atoms with E-state index < -0.39 is 52.1 Å². The van der Waals surface area contributed by atoms with Gasteiger partial charge in [-0.25, -0.2) is 18.0 Å². The third-order valence-corrected chi connectivity index (χ3v) is 3.28. The zero-order valence-corrected chi connectivity index (χ0v) is 13.0. The average molecular weight is 383 g/mol. The monoisotopic (exact) mass is 383 g/mol. The van der Waals surface area contributed by atoms with E-state index in [9.17, 15) is 44.5 Å². The van der Waals surface area contributed by atoms with E-state index in [4.69, 9.17) is 0 Å². The van der Waals surface area contributed by atoms with Gasteiger partial charge >= 0.3 is 23.4 Å². The Balaban J connectivity index is 5.56. The molecule has 0 aliphatic rings. The summed E-state index contributed by atoms with van der Waals surface area (Å²) in [4.78, 5) is 22.7. The van der Waals surface area contributed by atoms with Crippen LogP contribution in [-0.4, -0.2) is 48.5 Å². The van der Waals surface area contributed by atoms with Gasteiger partial charge in [-0.2, -0.15) is 22.0 Å². The van der Waals surface area contributed by atoms with Crippen molar-refractivity contribution < 1.29 is 54.0 Å². The minimum atomic E-state index is -6.80. The number of esters is 2.